The van der Waals surface area contributed by atoms with Crippen molar-refractivity contribution in [2.45, 2.75) is 37.3 Å². The largest absolute Gasteiger partial charge is 0.376 e. The van der Waals surface area contributed by atoms with E-state index in [1.807, 2.05) is 24.3 Å². The van der Waals surface area contributed by atoms with Gasteiger partial charge in [0.1, 0.15) is 6.17 Å². The second-order valence-corrected chi connectivity index (χ2v) is 11.1. The number of piperidine rings is 1. The lowest BCUT2D eigenvalue weighted by atomic mass is 9.73. The normalized spacial score (nSPS) is 20.8. The fourth-order valence-corrected chi connectivity index (χ4v) is 5.90. The Labute approximate surface area is 220 Å². The number of benzene rings is 3. The zero-order valence-corrected chi connectivity index (χ0v) is 21.7. The maximum absolute atomic E-state index is 9.13. The van der Waals surface area contributed by atoms with E-state index in [9.17, 15) is 0 Å². The van der Waals surface area contributed by atoms with E-state index in [1.54, 1.807) is 0 Å². The molecule has 0 amide bonds. The Kier molecular flexibility index (Phi) is 6.63. The van der Waals surface area contributed by atoms with Crippen LogP contribution in [-0.2, 0) is 10.2 Å². The molecular weight excluding hydrogens is 456 g/mol. The summed E-state index contributed by atoms with van der Waals surface area (Å²) in [5, 5.41) is 12.9. The third-order valence-corrected chi connectivity index (χ3v) is 8.49. The van der Waals surface area contributed by atoms with Gasteiger partial charge in [-0.2, -0.15) is 5.26 Å². The molecule has 3 aliphatic rings. The number of ether oxygens (including phenoxy) is 1. The Morgan fingerprint density at radius 2 is 1.70 bits per heavy atom. The van der Waals surface area contributed by atoms with E-state index in [4.69, 9.17) is 10.00 Å². The first kappa shape index (κ1) is 24.0. The number of hydrogen-bond donors (Lipinski definition) is 1. The summed E-state index contributed by atoms with van der Waals surface area (Å²) in [5.74, 6) is 0.790. The number of nitrogens with zero attached hydrogens (tertiary/aromatic N) is 3. The highest BCUT2D eigenvalue weighted by molar-refractivity contribution is 5.82. The maximum Gasteiger partial charge on any atom is 0.123 e. The van der Waals surface area contributed by atoms with E-state index >= 15 is 0 Å². The van der Waals surface area contributed by atoms with E-state index in [0.29, 0.717) is 12.2 Å². The summed E-state index contributed by atoms with van der Waals surface area (Å²) in [6, 6.07) is 27.7. The predicted molar refractivity (Wildman–Crippen MR) is 150 cm³/mol. The number of fused-ring (bicyclic) bond motifs is 1. The van der Waals surface area contributed by atoms with E-state index < -0.39 is 0 Å². The van der Waals surface area contributed by atoms with Gasteiger partial charge in [-0.05, 0) is 92.7 Å². The Balaban J connectivity index is 1.18. The standard InChI is InChI=1S/C32H36N4O/c1-35-17-15-32(16-18-35,28-5-3-2-4-6-28)23-37-22-31-34-29-19-27(26-11-9-24(20-33)10-12-26)13-14-30(29)36(31)21-25-7-8-25/h2-6,9-14,19,25,31,34H,7-8,15-18,21-23H2,1H3. The van der Waals surface area contributed by atoms with Crippen LogP contribution in [0.1, 0.15) is 36.8 Å². The molecule has 6 rings (SSSR count). The molecule has 3 aromatic rings. The number of nitrogens with one attached hydrogen (secondary N) is 1. The van der Waals surface area contributed by atoms with Crippen LogP contribution in [0.4, 0.5) is 11.4 Å². The first-order valence-corrected chi connectivity index (χ1v) is 13.6. The van der Waals surface area contributed by atoms with Crippen molar-refractivity contribution in [1.82, 2.24) is 4.90 Å². The molecule has 1 atom stereocenters. The van der Waals surface area contributed by atoms with Gasteiger partial charge >= 0.3 is 0 Å². The molecule has 1 unspecified atom stereocenters. The predicted octanol–water partition coefficient (Wildman–Crippen LogP) is 5.87. The highest BCUT2D eigenvalue weighted by Crippen LogP contribution is 2.42. The van der Waals surface area contributed by atoms with Gasteiger partial charge < -0.3 is 19.9 Å². The average Bonchev–Trinajstić information content (AvgIpc) is 3.71. The molecule has 5 nitrogen and oxygen atoms in total. The van der Waals surface area contributed by atoms with E-state index in [0.717, 1.165) is 56.1 Å². The molecule has 1 saturated carbocycles. The lowest BCUT2D eigenvalue weighted by molar-refractivity contribution is 0.0455. The van der Waals surface area contributed by atoms with Gasteiger partial charge in [0, 0.05) is 12.0 Å². The summed E-state index contributed by atoms with van der Waals surface area (Å²) in [7, 11) is 2.22. The van der Waals surface area contributed by atoms with Crippen molar-refractivity contribution in [2.24, 2.45) is 5.92 Å². The molecule has 0 aromatic heterocycles. The Bertz CT molecular complexity index is 1250. The topological polar surface area (TPSA) is 51.5 Å². The first-order valence-electron chi connectivity index (χ1n) is 13.6. The van der Waals surface area contributed by atoms with Gasteiger partial charge in [-0.25, -0.2) is 0 Å². The minimum Gasteiger partial charge on any atom is -0.376 e. The summed E-state index contributed by atoms with van der Waals surface area (Å²) in [6.45, 7) is 4.72. The third kappa shape index (κ3) is 5.09. The quantitative estimate of drug-likeness (QED) is 0.426. The Morgan fingerprint density at radius 3 is 2.41 bits per heavy atom. The number of anilines is 2. The molecule has 5 heteroatoms. The van der Waals surface area contributed by atoms with Crippen LogP contribution in [0.2, 0.25) is 0 Å². The van der Waals surface area contributed by atoms with Gasteiger partial charge in [-0.15, -0.1) is 0 Å². The van der Waals surface area contributed by atoms with E-state index in [1.165, 1.54) is 29.8 Å². The highest BCUT2D eigenvalue weighted by atomic mass is 16.5. The highest BCUT2D eigenvalue weighted by Gasteiger charge is 2.38. The van der Waals surface area contributed by atoms with Crippen molar-refractivity contribution in [2.75, 3.05) is 50.1 Å². The monoisotopic (exact) mass is 492 g/mol. The van der Waals surface area contributed by atoms with Crippen LogP contribution in [0, 0.1) is 17.2 Å². The third-order valence-electron chi connectivity index (χ3n) is 8.49. The fourth-order valence-electron chi connectivity index (χ4n) is 5.90. The van der Waals surface area contributed by atoms with Crippen LogP contribution in [0.3, 0.4) is 0 Å². The summed E-state index contributed by atoms with van der Waals surface area (Å²) in [6.07, 6.45) is 5.06. The molecule has 0 radical (unpaired) electrons. The molecule has 2 aliphatic heterocycles. The number of hydrogen-bond acceptors (Lipinski definition) is 5. The van der Waals surface area contributed by atoms with Crippen LogP contribution in [0.25, 0.3) is 11.1 Å². The average molecular weight is 493 g/mol. The van der Waals surface area contributed by atoms with Crippen molar-refractivity contribution in [3.63, 3.8) is 0 Å². The van der Waals surface area contributed by atoms with Crippen LogP contribution in [0.15, 0.2) is 72.8 Å². The fraction of sp³-hybridized carbons (Fsp3) is 0.406. The second kappa shape index (κ2) is 10.2. The minimum atomic E-state index is 0.0866. The van der Waals surface area contributed by atoms with Crippen LogP contribution in [-0.4, -0.2) is 51.0 Å². The van der Waals surface area contributed by atoms with Crippen LogP contribution >= 0.6 is 0 Å². The number of rotatable bonds is 8. The zero-order valence-electron chi connectivity index (χ0n) is 21.7. The van der Waals surface area contributed by atoms with Gasteiger partial charge in [-0.3, -0.25) is 0 Å². The summed E-state index contributed by atoms with van der Waals surface area (Å²) in [4.78, 5) is 4.96. The van der Waals surface area contributed by atoms with Gasteiger partial charge in [0.2, 0.25) is 0 Å². The van der Waals surface area contributed by atoms with Crippen LogP contribution < -0.4 is 10.2 Å². The van der Waals surface area contributed by atoms with Gasteiger partial charge in [0.15, 0.2) is 0 Å². The van der Waals surface area contributed by atoms with Crippen molar-refractivity contribution in [3.05, 3.63) is 83.9 Å². The molecule has 190 valence electrons. The summed E-state index contributed by atoms with van der Waals surface area (Å²) < 4.78 is 6.60. The molecule has 0 spiro atoms. The van der Waals surface area contributed by atoms with Crippen LogP contribution in [0.5, 0.6) is 0 Å². The lowest BCUT2D eigenvalue weighted by Gasteiger charge is -2.41. The molecule has 1 aliphatic carbocycles. The minimum absolute atomic E-state index is 0.0866. The van der Waals surface area contributed by atoms with Gasteiger partial charge in [0.25, 0.3) is 0 Å². The van der Waals surface area contributed by atoms with Gasteiger partial charge in [-0.1, -0.05) is 48.5 Å². The molecule has 1 N–H and O–H groups in total. The maximum atomic E-state index is 9.13. The van der Waals surface area contributed by atoms with Crippen molar-refractivity contribution >= 4 is 11.4 Å². The first-order chi connectivity index (χ1) is 18.1. The molecule has 1 saturated heterocycles. The summed E-state index contributed by atoms with van der Waals surface area (Å²) in [5.41, 5.74) is 6.93. The second-order valence-electron chi connectivity index (χ2n) is 11.1. The van der Waals surface area contributed by atoms with Crippen molar-refractivity contribution < 1.29 is 4.74 Å². The molecular formula is C32H36N4O. The number of likely N-dealkylation sites (tertiary alicyclic amines) is 1. The Hall–Kier alpha value is -3.33. The molecule has 3 aromatic carbocycles. The molecule has 2 heterocycles. The molecule has 37 heavy (non-hydrogen) atoms. The Morgan fingerprint density at radius 1 is 0.973 bits per heavy atom. The smallest absolute Gasteiger partial charge is 0.123 e. The van der Waals surface area contributed by atoms with Crippen molar-refractivity contribution in [1.29, 1.82) is 5.26 Å². The van der Waals surface area contributed by atoms with E-state index in [2.05, 4.69) is 76.8 Å². The van der Waals surface area contributed by atoms with Crippen molar-refractivity contribution in [3.8, 4) is 17.2 Å². The molecule has 0 bridgehead atoms. The number of nitriles is 1. The van der Waals surface area contributed by atoms with E-state index in [-0.39, 0.29) is 11.6 Å². The van der Waals surface area contributed by atoms with Gasteiger partial charge in [0.05, 0.1) is 36.2 Å². The SMILES string of the molecule is CN1CCC(COCC2Nc3cc(-c4ccc(C#N)cc4)ccc3N2CC2CC2)(c2ccccc2)CC1. The molecule has 2 fully saturated rings. The summed E-state index contributed by atoms with van der Waals surface area (Å²) >= 11 is 0. The lowest BCUT2D eigenvalue weighted by Crippen LogP contribution is -2.46. The zero-order chi connectivity index (χ0) is 25.2.